The van der Waals surface area contributed by atoms with Gasteiger partial charge in [0.05, 0.1) is 18.9 Å². The van der Waals surface area contributed by atoms with Gasteiger partial charge in [-0.25, -0.2) is 13.4 Å². The summed E-state index contributed by atoms with van der Waals surface area (Å²) in [4.78, 5) is 4.14. The van der Waals surface area contributed by atoms with Crippen LogP contribution in [0.2, 0.25) is 0 Å². The van der Waals surface area contributed by atoms with E-state index >= 15 is 0 Å². The molecule has 9 heteroatoms. The molecule has 2 aromatic heterocycles. The van der Waals surface area contributed by atoms with Gasteiger partial charge in [0.15, 0.2) is 0 Å². The molecule has 1 atom stereocenters. The van der Waals surface area contributed by atoms with Gasteiger partial charge in [-0.1, -0.05) is 0 Å². The first-order valence-electron chi connectivity index (χ1n) is 7.36. The standard InChI is InChI=1S/C14H19N5O3S/c15-14-7-11(3-4-16-14)1-2-12-10-19(5-6-22-12)23(20,21)13-8-17-18-9-13/h3-4,7-9,12H,1-2,5-6,10H2,(H2,15,16)(H,17,18)/t12-/m0/s1. The predicted molar refractivity (Wildman–Crippen MR) is 84.1 cm³/mol. The summed E-state index contributed by atoms with van der Waals surface area (Å²) in [7, 11) is -3.51. The van der Waals surface area contributed by atoms with Gasteiger partial charge in [-0.2, -0.15) is 9.40 Å². The van der Waals surface area contributed by atoms with Gasteiger partial charge in [0.1, 0.15) is 10.7 Å². The first kappa shape index (κ1) is 15.9. The van der Waals surface area contributed by atoms with Crippen LogP contribution in [0.4, 0.5) is 5.82 Å². The van der Waals surface area contributed by atoms with Gasteiger partial charge in [-0.05, 0) is 30.5 Å². The second-order valence-corrected chi connectivity index (χ2v) is 7.36. The molecule has 0 saturated carbocycles. The van der Waals surface area contributed by atoms with Crippen LogP contribution >= 0.6 is 0 Å². The zero-order valence-corrected chi connectivity index (χ0v) is 13.4. The fourth-order valence-corrected chi connectivity index (χ4v) is 3.96. The number of ether oxygens (including phenoxy) is 1. The van der Waals surface area contributed by atoms with E-state index in [0.29, 0.717) is 25.5 Å². The third-order valence-corrected chi connectivity index (χ3v) is 5.64. The van der Waals surface area contributed by atoms with Gasteiger partial charge in [0.25, 0.3) is 0 Å². The van der Waals surface area contributed by atoms with E-state index < -0.39 is 10.0 Å². The lowest BCUT2D eigenvalue weighted by Gasteiger charge is -2.31. The van der Waals surface area contributed by atoms with Crippen molar-refractivity contribution >= 4 is 15.8 Å². The fourth-order valence-electron chi connectivity index (χ4n) is 2.59. The van der Waals surface area contributed by atoms with Crippen molar-refractivity contribution in [2.75, 3.05) is 25.4 Å². The summed E-state index contributed by atoms with van der Waals surface area (Å²) in [5.41, 5.74) is 6.73. The van der Waals surface area contributed by atoms with E-state index in [2.05, 4.69) is 15.2 Å². The Bertz CT molecular complexity index is 748. The number of nitrogens with two attached hydrogens (primary N) is 1. The minimum atomic E-state index is -3.51. The first-order chi connectivity index (χ1) is 11.1. The summed E-state index contributed by atoms with van der Waals surface area (Å²) in [5.74, 6) is 0.483. The number of aromatic amines is 1. The van der Waals surface area contributed by atoms with Gasteiger partial charge >= 0.3 is 0 Å². The Labute approximate surface area is 134 Å². The number of pyridine rings is 1. The van der Waals surface area contributed by atoms with Crippen LogP contribution < -0.4 is 5.73 Å². The van der Waals surface area contributed by atoms with E-state index in [1.165, 1.54) is 16.7 Å². The van der Waals surface area contributed by atoms with Crippen LogP contribution in [0.25, 0.3) is 0 Å². The second kappa shape index (κ2) is 6.65. The van der Waals surface area contributed by atoms with Crippen molar-refractivity contribution in [3.63, 3.8) is 0 Å². The molecule has 0 amide bonds. The first-order valence-corrected chi connectivity index (χ1v) is 8.80. The molecule has 1 aliphatic rings. The van der Waals surface area contributed by atoms with Crippen LogP contribution in [0, 0.1) is 0 Å². The quantitative estimate of drug-likeness (QED) is 0.817. The van der Waals surface area contributed by atoms with Crippen molar-refractivity contribution in [1.29, 1.82) is 0 Å². The van der Waals surface area contributed by atoms with E-state index in [9.17, 15) is 8.42 Å². The van der Waals surface area contributed by atoms with Crippen molar-refractivity contribution < 1.29 is 13.2 Å². The summed E-state index contributed by atoms with van der Waals surface area (Å²) in [6.07, 6.45) is 5.72. The molecule has 0 aliphatic carbocycles. The number of nitrogen functional groups attached to an aromatic ring is 1. The highest BCUT2D eigenvalue weighted by atomic mass is 32.2. The summed E-state index contributed by atoms with van der Waals surface area (Å²) in [5, 5.41) is 6.24. The average molecular weight is 337 g/mol. The highest BCUT2D eigenvalue weighted by Crippen LogP contribution is 2.20. The molecular weight excluding hydrogens is 318 g/mol. The Morgan fingerprint density at radius 2 is 2.35 bits per heavy atom. The predicted octanol–water partition coefficient (Wildman–Crippen LogP) is 0.409. The number of sulfonamides is 1. The minimum Gasteiger partial charge on any atom is -0.384 e. The molecule has 23 heavy (non-hydrogen) atoms. The Balaban J connectivity index is 1.62. The molecule has 0 radical (unpaired) electrons. The summed E-state index contributed by atoms with van der Waals surface area (Å²) in [6, 6.07) is 3.72. The Morgan fingerprint density at radius 3 is 3.09 bits per heavy atom. The van der Waals surface area contributed by atoms with Gasteiger partial charge in [-0.15, -0.1) is 0 Å². The highest BCUT2D eigenvalue weighted by molar-refractivity contribution is 7.89. The Morgan fingerprint density at radius 1 is 1.48 bits per heavy atom. The third-order valence-electron chi connectivity index (χ3n) is 3.81. The molecule has 0 bridgehead atoms. The molecule has 0 spiro atoms. The lowest BCUT2D eigenvalue weighted by molar-refractivity contribution is -0.00526. The smallest absolute Gasteiger partial charge is 0.246 e. The molecule has 0 aromatic carbocycles. The minimum absolute atomic E-state index is 0.139. The second-order valence-electron chi connectivity index (χ2n) is 5.42. The topological polar surface area (TPSA) is 114 Å². The number of aryl methyl sites for hydroxylation is 1. The fraction of sp³-hybridized carbons (Fsp3) is 0.429. The van der Waals surface area contributed by atoms with E-state index in [1.54, 1.807) is 6.20 Å². The number of rotatable bonds is 5. The average Bonchev–Trinajstić information content (AvgIpc) is 3.09. The summed E-state index contributed by atoms with van der Waals surface area (Å²) < 4.78 is 32.1. The number of nitrogens with zero attached hydrogens (tertiary/aromatic N) is 3. The molecule has 2 aromatic rings. The molecule has 3 N–H and O–H groups in total. The highest BCUT2D eigenvalue weighted by Gasteiger charge is 2.31. The molecule has 0 unspecified atom stereocenters. The maximum Gasteiger partial charge on any atom is 0.246 e. The molecule has 124 valence electrons. The van der Waals surface area contributed by atoms with Gasteiger partial charge in [-0.3, -0.25) is 5.10 Å². The number of morpholine rings is 1. The van der Waals surface area contributed by atoms with Gasteiger partial charge in [0.2, 0.25) is 10.0 Å². The van der Waals surface area contributed by atoms with Crippen LogP contribution in [0.15, 0.2) is 35.6 Å². The zero-order chi connectivity index (χ0) is 16.3. The number of H-pyrrole nitrogens is 1. The van der Waals surface area contributed by atoms with Gasteiger partial charge < -0.3 is 10.5 Å². The lowest BCUT2D eigenvalue weighted by atomic mass is 10.1. The Kier molecular flexibility index (Phi) is 4.60. The molecule has 1 saturated heterocycles. The summed E-state index contributed by atoms with van der Waals surface area (Å²) in [6.45, 7) is 1.08. The van der Waals surface area contributed by atoms with E-state index in [-0.39, 0.29) is 11.0 Å². The number of aromatic nitrogens is 3. The molecule has 3 rings (SSSR count). The van der Waals surface area contributed by atoms with Crippen molar-refractivity contribution in [1.82, 2.24) is 19.5 Å². The molecule has 1 aliphatic heterocycles. The van der Waals surface area contributed by atoms with Crippen LogP contribution in [0.3, 0.4) is 0 Å². The molecular formula is C14H19N5O3S. The van der Waals surface area contributed by atoms with Gasteiger partial charge in [0, 0.05) is 25.5 Å². The molecule has 1 fully saturated rings. The SMILES string of the molecule is Nc1cc(CC[C@H]2CN(S(=O)(=O)c3cn[nH]c3)CCO2)ccn1. The van der Waals surface area contributed by atoms with Crippen LogP contribution in [0.1, 0.15) is 12.0 Å². The monoisotopic (exact) mass is 337 g/mol. The largest absolute Gasteiger partial charge is 0.384 e. The third kappa shape index (κ3) is 3.69. The summed E-state index contributed by atoms with van der Waals surface area (Å²) >= 11 is 0. The lowest BCUT2D eigenvalue weighted by Crippen LogP contribution is -2.45. The van der Waals surface area contributed by atoms with E-state index in [1.807, 2.05) is 12.1 Å². The van der Waals surface area contributed by atoms with Crippen LogP contribution in [0.5, 0.6) is 0 Å². The van der Waals surface area contributed by atoms with E-state index in [4.69, 9.17) is 10.5 Å². The van der Waals surface area contributed by atoms with Crippen molar-refractivity contribution in [2.24, 2.45) is 0 Å². The van der Waals surface area contributed by atoms with Crippen molar-refractivity contribution in [3.8, 4) is 0 Å². The van der Waals surface area contributed by atoms with Crippen molar-refractivity contribution in [3.05, 3.63) is 36.3 Å². The number of hydrogen-bond donors (Lipinski definition) is 2. The maximum atomic E-state index is 12.5. The zero-order valence-electron chi connectivity index (χ0n) is 12.6. The van der Waals surface area contributed by atoms with Crippen LogP contribution in [-0.2, 0) is 21.2 Å². The number of anilines is 1. The maximum absolute atomic E-state index is 12.5. The van der Waals surface area contributed by atoms with Crippen molar-refractivity contribution in [2.45, 2.75) is 23.8 Å². The molecule has 8 nitrogen and oxygen atoms in total. The van der Waals surface area contributed by atoms with Crippen LogP contribution in [-0.4, -0.2) is 53.7 Å². The van der Waals surface area contributed by atoms with E-state index in [0.717, 1.165) is 18.4 Å². The molecule has 3 heterocycles. The number of hydrogen-bond acceptors (Lipinski definition) is 6. The Hall–Kier alpha value is -1.97. The number of nitrogens with one attached hydrogen (secondary N) is 1. The normalized spacial score (nSPS) is 19.7.